The lowest BCUT2D eigenvalue weighted by atomic mass is 10.2. The average molecular weight is 318 g/mol. The molecule has 6 heteroatoms. The maximum absolute atomic E-state index is 5.74. The highest BCUT2D eigenvalue weighted by molar-refractivity contribution is 7.22. The standard InChI is InChI=1S/C15H18N4S2/c1-8(14-9(2)18-10(3)20-14)17-7-11-4-5-12-13(6-11)21-15(16)19-12/h4-6,8,17H,7H2,1-3H3,(H2,16,19). The first-order valence-corrected chi connectivity index (χ1v) is 8.48. The summed E-state index contributed by atoms with van der Waals surface area (Å²) in [6.07, 6.45) is 0. The quantitative estimate of drug-likeness (QED) is 0.768. The third kappa shape index (κ3) is 3.07. The van der Waals surface area contributed by atoms with E-state index in [0.717, 1.165) is 27.5 Å². The molecular formula is C15H18N4S2. The van der Waals surface area contributed by atoms with Crippen LogP contribution in [0.5, 0.6) is 0 Å². The molecule has 0 bridgehead atoms. The smallest absolute Gasteiger partial charge is 0.181 e. The van der Waals surface area contributed by atoms with Crippen molar-refractivity contribution in [2.45, 2.75) is 33.4 Å². The van der Waals surface area contributed by atoms with Crippen molar-refractivity contribution in [1.82, 2.24) is 15.3 Å². The summed E-state index contributed by atoms with van der Waals surface area (Å²) in [6, 6.07) is 6.60. The van der Waals surface area contributed by atoms with Gasteiger partial charge in [0.2, 0.25) is 0 Å². The van der Waals surface area contributed by atoms with Gasteiger partial charge in [0.25, 0.3) is 0 Å². The summed E-state index contributed by atoms with van der Waals surface area (Å²) in [6.45, 7) is 7.13. The highest BCUT2D eigenvalue weighted by Crippen LogP contribution is 2.26. The van der Waals surface area contributed by atoms with Crippen molar-refractivity contribution in [1.29, 1.82) is 0 Å². The molecule has 0 saturated carbocycles. The van der Waals surface area contributed by atoms with E-state index in [-0.39, 0.29) is 0 Å². The Morgan fingerprint density at radius 3 is 2.76 bits per heavy atom. The lowest BCUT2D eigenvalue weighted by molar-refractivity contribution is 0.580. The van der Waals surface area contributed by atoms with Gasteiger partial charge in [0.05, 0.1) is 20.9 Å². The maximum atomic E-state index is 5.74. The number of nitrogens with two attached hydrogens (primary N) is 1. The zero-order valence-corrected chi connectivity index (χ0v) is 13.9. The normalized spacial score (nSPS) is 12.9. The summed E-state index contributed by atoms with van der Waals surface area (Å²) >= 11 is 3.30. The molecule has 0 spiro atoms. The van der Waals surface area contributed by atoms with Crippen molar-refractivity contribution in [2.75, 3.05) is 5.73 Å². The van der Waals surface area contributed by atoms with Crippen LogP contribution in [-0.2, 0) is 6.54 Å². The van der Waals surface area contributed by atoms with Crippen molar-refractivity contribution in [3.8, 4) is 0 Å². The van der Waals surface area contributed by atoms with Crippen LogP contribution < -0.4 is 11.1 Å². The zero-order chi connectivity index (χ0) is 15.0. The monoisotopic (exact) mass is 318 g/mol. The molecule has 0 radical (unpaired) electrons. The molecule has 0 amide bonds. The van der Waals surface area contributed by atoms with E-state index < -0.39 is 0 Å². The van der Waals surface area contributed by atoms with E-state index in [9.17, 15) is 0 Å². The Kier molecular flexibility index (Phi) is 3.93. The maximum Gasteiger partial charge on any atom is 0.181 e. The third-order valence-electron chi connectivity index (χ3n) is 3.41. The molecule has 0 fully saturated rings. The highest BCUT2D eigenvalue weighted by atomic mass is 32.1. The number of anilines is 1. The van der Waals surface area contributed by atoms with Crippen molar-refractivity contribution in [3.63, 3.8) is 0 Å². The van der Waals surface area contributed by atoms with Crippen LogP contribution in [0.25, 0.3) is 10.2 Å². The number of nitrogen functional groups attached to an aromatic ring is 1. The van der Waals surface area contributed by atoms with Gasteiger partial charge in [-0.15, -0.1) is 11.3 Å². The predicted octanol–water partition coefficient (Wildman–Crippen LogP) is 3.80. The molecule has 4 nitrogen and oxygen atoms in total. The number of aromatic nitrogens is 2. The predicted molar refractivity (Wildman–Crippen MR) is 90.9 cm³/mol. The molecule has 3 rings (SSSR count). The van der Waals surface area contributed by atoms with Gasteiger partial charge in [-0.2, -0.15) is 0 Å². The molecule has 0 saturated heterocycles. The van der Waals surface area contributed by atoms with E-state index in [1.807, 2.05) is 6.07 Å². The number of aryl methyl sites for hydroxylation is 2. The molecule has 1 unspecified atom stereocenters. The van der Waals surface area contributed by atoms with E-state index in [0.29, 0.717) is 11.2 Å². The van der Waals surface area contributed by atoms with Gasteiger partial charge in [-0.1, -0.05) is 17.4 Å². The van der Waals surface area contributed by atoms with Gasteiger partial charge in [0.15, 0.2) is 5.13 Å². The van der Waals surface area contributed by atoms with Gasteiger partial charge in [0.1, 0.15) is 0 Å². The second-order valence-corrected chi connectivity index (χ2v) is 7.44. The van der Waals surface area contributed by atoms with Gasteiger partial charge in [-0.3, -0.25) is 0 Å². The Hall–Kier alpha value is -1.50. The van der Waals surface area contributed by atoms with Crippen LogP contribution in [-0.4, -0.2) is 9.97 Å². The summed E-state index contributed by atoms with van der Waals surface area (Å²) in [5.74, 6) is 0. The number of benzene rings is 1. The third-order valence-corrected chi connectivity index (χ3v) is 5.52. The summed E-state index contributed by atoms with van der Waals surface area (Å²) in [5, 5.41) is 5.31. The Labute approximate surface area is 132 Å². The highest BCUT2D eigenvalue weighted by Gasteiger charge is 2.12. The van der Waals surface area contributed by atoms with Crippen LogP contribution in [0.15, 0.2) is 18.2 Å². The van der Waals surface area contributed by atoms with E-state index in [1.165, 1.54) is 21.8 Å². The number of nitrogens with zero attached hydrogens (tertiary/aromatic N) is 2. The van der Waals surface area contributed by atoms with Crippen LogP contribution in [0.2, 0.25) is 0 Å². The minimum absolute atomic E-state index is 0.304. The van der Waals surface area contributed by atoms with Crippen LogP contribution in [0.3, 0.4) is 0 Å². The SMILES string of the molecule is Cc1nc(C)c(C(C)NCc2ccc3nc(N)sc3c2)s1. The molecular weight excluding hydrogens is 300 g/mol. The van der Waals surface area contributed by atoms with Crippen molar-refractivity contribution in [2.24, 2.45) is 0 Å². The van der Waals surface area contributed by atoms with E-state index >= 15 is 0 Å². The first kappa shape index (κ1) is 14.4. The molecule has 3 N–H and O–H groups in total. The fraction of sp³-hybridized carbons (Fsp3) is 0.333. The summed E-state index contributed by atoms with van der Waals surface area (Å²) < 4.78 is 1.14. The zero-order valence-electron chi connectivity index (χ0n) is 12.3. The summed E-state index contributed by atoms with van der Waals surface area (Å²) in [7, 11) is 0. The second kappa shape index (κ2) is 5.71. The Bertz CT molecular complexity index is 775. The minimum atomic E-state index is 0.304. The number of hydrogen-bond acceptors (Lipinski definition) is 6. The Morgan fingerprint density at radius 1 is 1.24 bits per heavy atom. The Balaban J connectivity index is 1.72. The Morgan fingerprint density at radius 2 is 2.05 bits per heavy atom. The molecule has 0 aliphatic heterocycles. The molecule has 2 aromatic heterocycles. The molecule has 110 valence electrons. The number of nitrogens with one attached hydrogen (secondary N) is 1. The largest absolute Gasteiger partial charge is 0.375 e. The molecule has 1 aromatic carbocycles. The van der Waals surface area contributed by atoms with Crippen LogP contribution >= 0.6 is 22.7 Å². The van der Waals surface area contributed by atoms with Crippen LogP contribution in [0, 0.1) is 13.8 Å². The van der Waals surface area contributed by atoms with E-state index in [4.69, 9.17) is 5.73 Å². The van der Waals surface area contributed by atoms with Gasteiger partial charge in [-0.25, -0.2) is 9.97 Å². The van der Waals surface area contributed by atoms with Crippen molar-refractivity contribution >= 4 is 38.0 Å². The first-order valence-electron chi connectivity index (χ1n) is 6.85. The molecule has 0 aliphatic carbocycles. The second-order valence-electron chi connectivity index (χ2n) is 5.14. The van der Waals surface area contributed by atoms with Gasteiger partial charge < -0.3 is 11.1 Å². The first-order chi connectivity index (χ1) is 10.0. The minimum Gasteiger partial charge on any atom is -0.375 e. The van der Waals surface area contributed by atoms with Gasteiger partial charge >= 0.3 is 0 Å². The number of hydrogen-bond donors (Lipinski definition) is 2. The van der Waals surface area contributed by atoms with Crippen molar-refractivity contribution in [3.05, 3.63) is 39.3 Å². The summed E-state index contributed by atoms with van der Waals surface area (Å²) in [4.78, 5) is 10.1. The summed E-state index contributed by atoms with van der Waals surface area (Å²) in [5.41, 5.74) is 9.09. The molecule has 2 heterocycles. The fourth-order valence-corrected chi connectivity index (χ4v) is 4.16. The van der Waals surface area contributed by atoms with E-state index in [2.05, 4.69) is 48.2 Å². The lowest BCUT2D eigenvalue weighted by Crippen LogP contribution is -2.17. The van der Waals surface area contributed by atoms with Crippen LogP contribution in [0.1, 0.15) is 34.1 Å². The van der Waals surface area contributed by atoms with Gasteiger partial charge in [0, 0.05) is 17.5 Å². The number of thiazole rings is 2. The molecule has 3 aromatic rings. The van der Waals surface area contributed by atoms with Gasteiger partial charge in [-0.05, 0) is 38.5 Å². The fourth-order valence-electron chi connectivity index (χ4n) is 2.41. The molecule has 0 aliphatic rings. The molecule has 21 heavy (non-hydrogen) atoms. The number of fused-ring (bicyclic) bond motifs is 1. The number of rotatable bonds is 4. The molecule has 1 atom stereocenters. The van der Waals surface area contributed by atoms with E-state index in [1.54, 1.807) is 11.3 Å². The lowest BCUT2D eigenvalue weighted by Gasteiger charge is -2.12. The topological polar surface area (TPSA) is 63.8 Å². The average Bonchev–Trinajstić information content (AvgIpc) is 2.96. The van der Waals surface area contributed by atoms with Crippen molar-refractivity contribution < 1.29 is 0 Å². The van der Waals surface area contributed by atoms with Crippen LogP contribution in [0.4, 0.5) is 5.13 Å².